The van der Waals surface area contributed by atoms with Gasteiger partial charge < -0.3 is 0 Å². The van der Waals surface area contributed by atoms with Crippen molar-refractivity contribution < 1.29 is 22.4 Å². The Kier molecular flexibility index (Phi) is 3.88. The summed E-state index contributed by atoms with van der Waals surface area (Å²) in [6.45, 7) is 0. The van der Waals surface area contributed by atoms with Crippen molar-refractivity contribution in [2.45, 2.75) is 6.18 Å². The number of hydrogen-bond acceptors (Lipinski definition) is 2. The molecule has 0 saturated carbocycles. The molecule has 1 aromatic carbocycles. The maximum atomic E-state index is 13.8. The summed E-state index contributed by atoms with van der Waals surface area (Å²) in [6, 6.07) is 1.88. The molecule has 0 atom stereocenters. The SMILES string of the molecule is O=Cc1cc(-c2n[nH]c(C(F)(F)F)c2Br)c(F)cc1Cl. The molecule has 0 aliphatic rings. The molecular weight excluding hydrogens is 367 g/mol. The van der Waals surface area contributed by atoms with Crippen molar-refractivity contribution in [2.24, 2.45) is 0 Å². The maximum Gasteiger partial charge on any atom is 0.433 e. The highest BCUT2D eigenvalue weighted by atomic mass is 79.9. The number of rotatable bonds is 2. The summed E-state index contributed by atoms with van der Waals surface area (Å²) in [4.78, 5) is 10.7. The fraction of sp³-hybridized carbons (Fsp3) is 0.0909. The van der Waals surface area contributed by atoms with Crippen molar-refractivity contribution in [3.05, 3.63) is 38.7 Å². The lowest BCUT2D eigenvalue weighted by Crippen LogP contribution is -2.06. The molecule has 0 fully saturated rings. The van der Waals surface area contributed by atoms with Gasteiger partial charge >= 0.3 is 6.18 Å². The molecule has 0 bridgehead atoms. The first-order chi connectivity index (χ1) is 9.25. The summed E-state index contributed by atoms with van der Waals surface area (Å²) in [5.41, 5.74) is -1.76. The number of nitrogens with zero attached hydrogens (tertiary/aromatic N) is 1. The quantitative estimate of drug-likeness (QED) is 0.626. The van der Waals surface area contributed by atoms with E-state index in [1.54, 1.807) is 5.10 Å². The van der Waals surface area contributed by atoms with E-state index in [-0.39, 0.29) is 21.8 Å². The first-order valence-corrected chi connectivity index (χ1v) is 6.18. The van der Waals surface area contributed by atoms with Gasteiger partial charge in [0.15, 0.2) is 12.0 Å². The van der Waals surface area contributed by atoms with Crippen molar-refractivity contribution >= 4 is 33.8 Å². The first-order valence-electron chi connectivity index (χ1n) is 5.01. The molecule has 0 aliphatic carbocycles. The van der Waals surface area contributed by atoms with Gasteiger partial charge in [-0.2, -0.15) is 18.3 Å². The van der Waals surface area contributed by atoms with Crippen LogP contribution in [-0.2, 0) is 6.18 Å². The first kappa shape index (κ1) is 15.0. The number of benzene rings is 1. The fourth-order valence-corrected chi connectivity index (χ4v) is 2.34. The van der Waals surface area contributed by atoms with E-state index >= 15 is 0 Å². The van der Waals surface area contributed by atoms with Crippen molar-refractivity contribution in [2.75, 3.05) is 0 Å². The number of hydrogen-bond donors (Lipinski definition) is 1. The normalized spacial score (nSPS) is 11.7. The number of aldehydes is 1. The van der Waals surface area contributed by atoms with Gasteiger partial charge in [0, 0.05) is 11.1 Å². The molecule has 0 aliphatic heterocycles. The minimum absolute atomic E-state index is 0.0495. The predicted molar refractivity (Wildman–Crippen MR) is 67.1 cm³/mol. The molecule has 106 valence electrons. The topological polar surface area (TPSA) is 45.8 Å². The molecule has 1 N–H and O–H groups in total. The third-order valence-electron chi connectivity index (χ3n) is 2.46. The highest BCUT2D eigenvalue weighted by molar-refractivity contribution is 9.10. The van der Waals surface area contributed by atoms with E-state index in [2.05, 4.69) is 21.0 Å². The number of alkyl halides is 3. The fourth-order valence-electron chi connectivity index (χ4n) is 1.53. The van der Waals surface area contributed by atoms with E-state index < -0.39 is 22.2 Å². The van der Waals surface area contributed by atoms with Crippen molar-refractivity contribution in [1.82, 2.24) is 10.2 Å². The van der Waals surface area contributed by atoms with Crippen LogP contribution in [0.1, 0.15) is 16.1 Å². The summed E-state index contributed by atoms with van der Waals surface area (Å²) >= 11 is 8.34. The summed E-state index contributed by atoms with van der Waals surface area (Å²) in [5.74, 6) is -0.887. The van der Waals surface area contributed by atoms with E-state index in [1.807, 2.05) is 0 Å². The van der Waals surface area contributed by atoms with Crippen LogP contribution in [0.25, 0.3) is 11.3 Å². The number of carbonyl (C=O) groups is 1. The Morgan fingerprint density at radius 1 is 1.35 bits per heavy atom. The van der Waals surface area contributed by atoms with E-state index in [4.69, 9.17) is 11.6 Å². The van der Waals surface area contributed by atoms with Gasteiger partial charge in [0.2, 0.25) is 0 Å². The molecule has 0 unspecified atom stereocenters. The smallest absolute Gasteiger partial charge is 0.298 e. The molecule has 0 amide bonds. The van der Waals surface area contributed by atoms with Crippen LogP contribution in [0.15, 0.2) is 16.6 Å². The lowest BCUT2D eigenvalue weighted by Gasteiger charge is -2.05. The standard InChI is InChI=1S/C11H4BrClF4N2O/c12-8-9(18-19-10(8)11(15,16)17)5-1-4(3-20)6(13)2-7(5)14/h1-3H,(H,18,19). The van der Waals surface area contributed by atoms with Gasteiger partial charge in [-0.25, -0.2) is 4.39 Å². The maximum absolute atomic E-state index is 13.8. The number of H-pyrrole nitrogens is 1. The van der Waals surface area contributed by atoms with E-state index in [0.29, 0.717) is 6.29 Å². The predicted octanol–water partition coefficient (Wildman–Crippen LogP) is 4.46. The monoisotopic (exact) mass is 370 g/mol. The number of nitrogens with one attached hydrogen (secondary N) is 1. The Bertz CT molecular complexity index is 684. The lowest BCUT2D eigenvalue weighted by molar-refractivity contribution is -0.141. The molecule has 0 saturated heterocycles. The van der Waals surface area contributed by atoms with Gasteiger partial charge in [0.25, 0.3) is 0 Å². The second-order valence-electron chi connectivity index (χ2n) is 3.73. The summed E-state index contributed by atoms with van der Waals surface area (Å²) in [5, 5.41) is 5.07. The largest absolute Gasteiger partial charge is 0.433 e. The Balaban J connectivity index is 2.64. The van der Waals surface area contributed by atoms with Crippen LogP contribution >= 0.6 is 27.5 Å². The zero-order valence-corrected chi connectivity index (χ0v) is 11.7. The zero-order valence-electron chi connectivity index (χ0n) is 9.36. The number of halogens is 6. The Labute approximate surface area is 123 Å². The van der Waals surface area contributed by atoms with Crippen LogP contribution in [0, 0.1) is 5.82 Å². The number of aromatic amines is 1. The van der Waals surface area contributed by atoms with Crippen LogP contribution in [0.2, 0.25) is 5.02 Å². The Morgan fingerprint density at radius 2 is 2.00 bits per heavy atom. The summed E-state index contributed by atoms with van der Waals surface area (Å²) < 4.78 is 51.2. The second-order valence-corrected chi connectivity index (χ2v) is 4.93. The van der Waals surface area contributed by atoms with E-state index in [0.717, 1.165) is 12.1 Å². The molecule has 3 nitrogen and oxygen atoms in total. The molecule has 9 heteroatoms. The average Bonchev–Trinajstić information content (AvgIpc) is 2.71. The Hall–Kier alpha value is -1.41. The van der Waals surface area contributed by atoms with E-state index in [9.17, 15) is 22.4 Å². The van der Waals surface area contributed by atoms with Gasteiger partial charge in [0.05, 0.1) is 9.50 Å². The minimum Gasteiger partial charge on any atom is -0.298 e. The average molecular weight is 372 g/mol. The van der Waals surface area contributed by atoms with Gasteiger partial charge in [0.1, 0.15) is 11.5 Å². The van der Waals surface area contributed by atoms with Crippen LogP contribution in [-0.4, -0.2) is 16.5 Å². The number of aromatic nitrogens is 2. The van der Waals surface area contributed by atoms with Gasteiger partial charge in [-0.1, -0.05) is 11.6 Å². The molecule has 1 heterocycles. The molecule has 1 aromatic heterocycles. The molecular formula is C11H4BrClF4N2O. The minimum atomic E-state index is -4.67. The van der Waals surface area contributed by atoms with Gasteiger partial charge in [-0.05, 0) is 28.1 Å². The van der Waals surface area contributed by atoms with Crippen molar-refractivity contribution in [3.8, 4) is 11.3 Å². The number of carbonyl (C=O) groups excluding carboxylic acids is 1. The van der Waals surface area contributed by atoms with Crippen molar-refractivity contribution in [1.29, 1.82) is 0 Å². The summed E-state index contributed by atoms with van der Waals surface area (Å²) in [6.07, 6.45) is -4.29. The Morgan fingerprint density at radius 3 is 2.50 bits per heavy atom. The van der Waals surface area contributed by atoms with E-state index in [1.165, 1.54) is 0 Å². The highest BCUT2D eigenvalue weighted by Crippen LogP contribution is 2.39. The van der Waals surface area contributed by atoms with Crippen LogP contribution in [0.5, 0.6) is 0 Å². The van der Waals surface area contributed by atoms with Crippen LogP contribution in [0.4, 0.5) is 17.6 Å². The summed E-state index contributed by atoms with van der Waals surface area (Å²) in [7, 11) is 0. The molecule has 20 heavy (non-hydrogen) atoms. The molecule has 0 spiro atoms. The highest BCUT2D eigenvalue weighted by Gasteiger charge is 2.37. The van der Waals surface area contributed by atoms with Gasteiger partial charge in [-0.3, -0.25) is 9.89 Å². The molecule has 0 radical (unpaired) electrons. The third-order valence-corrected chi connectivity index (χ3v) is 3.56. The van der Waals surface area contributed by atoms with Crippen LogP contribution in [0.3, 0.4) is 0 Å². The van der Waals surface area contributed by atoms with Crippen molar-refractivity contribution in [3.63, 3.8) is 0 Å². The van der Waals surface area contributed by atoms with Crippen LogP contribution < -0.4 is 0 Å². The zero-order chi connectivity index (χ0) is 15.1. The van der Waals surface area contributed by atoms with Gasteiger partial charge in [-0.15, -0.1) is 0 Å². The molecule has 2 aromatic rings. The second kappa shape index (κ2) is 5.17. The molecule has 2 rings (SSSR count). The third kappa shape index (κ3) is 2.57. The lowest BCUT2D eigenvalue weighted by atomic mass is 10.1.